The second-order valence-corrected chi connectivity index (χ2v) is 4.55. The maximum absolute atomic E-state index is 12.4. The third-order valence-corrected chi connectivity index (χ3v) is 2.64. The van der Waals surface area contributed by atoms with E-state index in [0.717, 1.165) is 0 Å². The van der Waals surface area contributed by atoms with E-state index >= 15 is 0 Å². The van der Waals surface area contributed by atoms with E-state index in [2.05, 4.69) is 20.9 Å². The first kappa shape index (κ1) is 12.9. The van der Waals surface area contributed by atoms with E-state index in [-0.39, 0.29) is 16.9 Å². The molecular formula is C10H6BrF3N2O2. The van der Waals surface area contributed by atoms with Gasteiger partial charge in [-0.1, -0.05) is 0 Å². The molecule has 0 aliphatic heterocycles. The summed E-state index contributed by atoms with van der Waals surface area (Å²) in [4.78, 5) is 14.4. The van der Waals surface area contributed by atoms with Gasteiger partial charge in [-0.15, -0.1) is 0 Å². The van der Waals surface area contributed by atoms with Crippen LogP contribution in [0.1, 0.15) is 16.1 Å². The van der Waals surface area contributed by atoms with E-state index < -0.39 is 18.6 Å². The zero-order valence-electron chi connectivity index (χ0n) is 8.70. The zero-order valence-corrected chi connectivity index (χ0v) is 10.3. The third-order valence-electron chi connectivity index (χ3n) is 2.20. The number of halogens is 4. The number of hydrogen-bond donors (Lipinski definition) is 1. The molecule has 0 atom stereocenters. The number of carboxylic acids is 1. The maximum atomic E-state index is 12.4. The Morgan fingerprint density at radius 2 is 2.11 bits per heavy atom. The van der Waals surface area contributed by atoms with E-state index in [1.165, 1.54) is 22.9 Å². The number of aromatic carboxylic acids is 1. The Hall–Kier alpha value is -1.57. The molecule has 96 valence electrons. The van der Waals surface area contributed by atoms with Crippen LogP contribution in [0.5, 0.6) is 0 Å². The standard InChI is InChI=1S/C10H6BrF3N2O2/c11-6-1-5(2-10(12,13)14)8-15-7(9(17)18)4-16(8)3-6/h1,3-4H,2H2,(H,17,18). The molecule has 1 N–H and O–H groups in total. The largest absolute Gasteiger partial charge is 0.476 e. The number of aromatic nitrogens is 2. The van der Waals surface area contributed by atoms with Gasteiger partial charge in [0.1, 0.15) is 5.65 Å². The topological polar surface area (TPSA) is 54.6 Å². The minimum atomic E-state index is -4.38. The zero-order chi connectivity index (χ0) is 13.5. The average Bonchev–Trinajstić information content (AvgIpc) is 2.58. The number of fused-ring (bicyclic) bond motifs is 1. The van der Waals surface area contributed by atoms with Crippen molar-refractivity contribution in [2.45, 2.75) is 12.6 Å². The monoisotopic (exact) mass is 322 g/mol. The second kappa shape index (κ2) is 4.27. The van der Waals surface area contributed by atoms with Crippen LogP contribution in [0.15, 0.2) is 22.9 Å². The van der Waals surface area contributed by atoms with E-state index in [4.69, 9.17) is 5.11 Å². The summed E-state index contributed by atoms with van der Waals surface area (Å²) in [5.74, 6) is -1.28. The highest BCUT2D eigenvalue weighted by Crippen LogP contribution is 2.26. The lowest BCUT2D eigenvalue weighted by molar-refractivity contribution is -0.127. The molecular weight excluding hydrogens is 317 g/mol. The number of pyridine rings is 1. The molecule has 0 aliphatic carbocycles. The van der Waals surface area contributed by atoms with Gasteiger partial charge in [0, 0.05) is 22.4 Å². The number of hydrogen-bond acceptors (Lipinski definition) is 2. The SMILES string of the molecule is O=C(O)c1cn2cc(Br)cc(CC(F)(F)F)c2n1. The molecule has 0 bridgehead atoms. The van der Waals surface area contributed by atoms with Gasteiger partial charge in [0.15, 0.2) is 5.69 Å². The van der Waals surface area contributed by atoms with Crippen LogP contribution in [0.3, 0.4) is 0 Å². The summed E-state index contributed by atoms with van der Waals surface area (Å²) in [5, 5.41) is 8.77. The molecule has 2 aromatic rings. The first-order chi connectivity index (χ1) is 8.26. The molecule has 2 aromatic heterocycles. The van der Waals surface area contributed by atoms with Crippen LogP contribution in [-0.4, -0.2) is 26.6 Å². The fraction of sp³-hybridized carbons (Fsp3) is 0.200. The minimum absolute atomic E-state index is 0.00655. The molecule has 2 heterocycles. The average molecular weight is 323 g/mol. The van der Waals surface area contributed by atoms with E-state index in [9.17, 15) is 18.0 Å². The smallest absolute Gasteiger partial charge is 0.393 e. The van der Waals surface area contributed by atoms with Crippen LogP contribution >= 0.6 is 15.9 Å². The highest BCUT2D eigenvalue weighted by Gasteiger charge is 2.29. The van der Waals surface area contributed by atoms with E-state index in [1.54, 1.807) is 0 Å². The van der Waals surface area contributed by atoms with Crippen LogP contribution in [0.4, 0.5) is 13.2 Å². The number of carbonyl (C=O) groups is 1. The lowest BCUT2D eigenvalue weighted by atomic mass is 10.2. The van der Waals surface area contributed by atoms with Gasteiger partial charge >= 0.3 is 12.1 Å². The van der Waals surface area contributed by atoms with Crippen LogP contribution in [-0.2, 0) is 6.42 Å². The fourth-order valence-electron chi connectivity index (χ4n) is 1.58. The highest BCUT2D eigenvalue weighted by atomic mass is 79.9. The first-order valence-corrected chi connectivity index (χ1v) is 5.53. The molecule has 0 fully saturated rings. The number of imidazole rings is 1. The molecule has 0 aliphatic rings. The van der Waals surface area contributed by atoms with Gasteiger partial charge in [-0.3, -0.25) is 0 Å². The van der Waals surface area contributed by atoms with Crippen molar-refractivity contribution in [1.82, 2.24) is 9.38 Å². The van der Waals surface area contributed by atoms with Crippen molar-refractivity contribution >= 4 is 27.5 Å². The van der Waals surface area contributed by atoms with Gasteiger partial charge < -0.3 is 9.51 Å². The Bertz CT molecular complexity index is 621. The quantitative estimate of drug-likeness (QED) is 0.925. The number of nitrogens with zero attached hydrogens (tertiary/aromatic N) is 2. The summed E-state index contributed by atoms with van der Waals surface area (Å²) >= 11 is 3.07. The Kier molecular flexibility index (Phi) is 3.05. The summed E-state index contributed by atoms with van der Waals surface area (Å²) in [6, 6.07) is 1.28. The Morgan fingerprint density at radius 1 is 1.44 bits per heavy atom. The van der Waals surface area contributed by atoms with Crippen molar-refractivity contribution in [2.24, 2.45) is 0 Å². The molecule has 2 rings (SSSR count). The van der Waals surface area contributed by atoms with Gasteiger partial charge in [0.25, 0.3) is 0 Å². The van der Waals surface area contributed by atoms with E-state index in [1.807, 2.05) is 0 Å². The molecule has 0 saturated carbocycles. The van der Waals surface area contributed by atoms with Crippen LogP contribution in [0.2, 0.25) is 0 Å². The first-order valence-electron chi connectivity index (χ1n) is 4.73. The maximum Gasteiger partial charge on any atom is 0.393 e. The van der Waals surface area contributed by atoms with Gasteiger partial charge in [-0.25, -0.2) is 9.78 Å². The van der Waals surface area contributed by atoms with Crippen molar-refractivity contribution < 1.29 is 23.1 Å². The molecule has 0 spiro atoms. The van der Waals surface area contributed by atoms with Crippen molar-refractivity contribution in [3.05, 3.63) is 34.2 Å². The van der Waals surface area contributed by atoms with Crippen LogP contribution < -0.4 is 0 Å². The Labute approximate surface area is 107 Å². The fourth-order valence-corrected chi connectivity index (χ4v) is 2.08. The number of carboxylic acid groups (broad SMARTS) is 1. The van der Waals surface area contributed by atoms with Crippen molar-refractivity contribution in [3.8, 4) is 0 Å². The number of rotatable bonds is 2. The lowest BCUT2D eigenvalue weighted by Gasteiger charge is -2.08. The summed E-state index contributed by atoms with van der Waals surface area (Å²) < 4.78 is 38.9. The van der Waals surface area contributed by atoms with Gasteiger partial charge in [-0.2, -0.15) is 13.2 Å². The predicted molar refractivity (Wildman–Crippen MR) is 59.6 cm³/mol. The summed E-state index contributed by atoms with van der Waals surface area (Å²) in [5.41, 5.74) is -0.381. The Balaban J connectivity index is 2.61. The summed E-state index contributed by atoms with van der Waals surface area (Å²) in [7, 11) is 0. The highest BCUT2D eigenvalue weighted by molar-refractivity contribution is 9.10. The van der Waals surface area contributed by atoms with Gasteiger partial charge in [-0.05, 0) is 22.0 Å². The summed E-state index contributed by atoms with van der Waals surface area (Å²) in [6.07, 6.45) is -2.92. The van der Waals surface area contributed by atoms with Crippen LogP contribution in [0, 0.1) is 0 Å². The second-order valence-electron chi connectivity index (χ2n) is 3.64. The normalized spacial score (nSPS) is 12.0. The molecule has 0 amide bonds. The van der Waals surface area contributed by atoms with Crippen molar-refractivity contribution in [3.63, 3.8) is 0 Å². The van der Waals surface area contributed by atoms with Crippen molar-refractivity contribution in [1.29, 1.82) is 0 Å². The third kappa shape index (κ3) is 2.63. The van der Waals surface area contributed by atoms with Crippen LogP contribution in [0.25, 0.3) is 5.65 Å². The summed E-state index contributed by atoms with van der Waals surface area (Å²) in [6.45, 7) is 0. The molecule has 0 radical (unpaired) electrons. The van der Waals surface area contributed by atoms with Crippen molar-refractivity contribution in [2.75, 3.05) is 0 Å². The van der Waals surface area contributed by atoms with Gasteiger partial charge in [0.05, 0.1) is 6.42 Å². The molecule has 4 nitrogen and oxygen atoms in total. The molecule has 0 saturated heterocycles. The predicted octanol–water partition coefficient (Wildman–Crippen LogP) is 2.90. The lowest BCUT2D eigenvalue weighted by Crippen LogP contribution is -2.12. The number of alkyl halides is 3. The minimum Gasteiger partial charge on any atom is -0.476 e. The van der Waals surface area contributed by atoms with Gasteiger partial charge in [0.2, 0.25) is 0 Å². The molecule has 18 heavy (non-hydrogen) atoms. The molecule has 0 unspecified atom stereocenters. The molecule has 8 heteroatoms. The Morgan fingerprint density at radius 3 is 2.67 bits per heavy atom. The van der Waals surface area contributed by atoms with E-state index in [0.29, 0.717) is 4.47 Å². The molecule has 0 aromatic carbocycles.